The molecule has 4 aromatic rings. The first-order valence-electron chi connectivity index (χ1n) is 8.80. The molecule has 0 fully saturated rings. The first-order valence-corrected chi connectivity index (χ1v) is 9.61. The molecule has 0 saturated heterocycles. The number of anilines is 2. The van der Waals surface area contributed by atoms with Crippen LogP contribution in [0.4, 0.5) is 11.4 Å². The monoisotopic (exact) mass is 395 g/mol. The van der Waals surface area contributed by atoms with E-state index in [4.69, 9.17) is 10.5 Å². The molecule has 9 nitrogen and oxygen atoms in total. The Morgan fingerprint density at radius 2 is 2.21 bits per heavy atom. The third-order valence-electron chi connectivity index (χ3n) is 4.61. The molecule has 1 aliphatic rings. The number of aromatic nitrogens is 5. The highest BCUT2D eigenvalue weighted by molar-refractivity contribution is 7.21. The molecule has 142 valence electrons. The highest BCUT2D eigenvalue weighted by Gasteiger charge is 2.22. The van der Waals surface area contributed by atoms with Gasteiger partial charge in [-0.05, 0) is 13.0 Å². The van der Waals surface area contributed by atoms with Crippen molar-refractivity contribution in [3.63, 3.8) is 0 Å². The van der Waals surface area contributed by atoms with Crippen LogP contribution in [0, 0.1) is 6.92 Å². The number of hydrogen-bond acceptors (Lipinski definition) is 7. The summed E-state index contributed by atoms with van der Waals surface area (Å²) in [6.45, 7) is 3.34. The Kier molecular flexibility index (Phi) is 3.79. The number of carbonyl (C=O) groups is 1. The van der Waals surface area contributed by atoms with Crippen LogP contribution in [-0.2, 0) is 6.54 Å². The highest BCUT2D eigenvalue weighted by atomic mass is 32.1. The minimum absolute atomic E-state index is 0.257. The molecule has 28 heavy (non-hydrogen) atoms. The lowest BCUT2D eigenvalue weighted by atomic mass is 10.2. The number of nitrogens with zero attached hydrogens (tertiary/aromatic N) is 5. The van der Waals surface area contributed by atoms with E-state index >= 15 is 0 Å². The van der Waals surface area contributed by atoms with Gasteiger partial charge in [0, 0.05) is 19.2 Å². The van der Waals surface area contributed by atoms with Gasteiger partial charge in [0.05, 0.1) is 58.3 Å². The maximum atomic E-state index is 12.8. The quantitative estimate of drug-likeness (QED) is 0.551. The second-order valence-electron chi connectivity index (χ2n) is 6.55. The van der Waals surface area contributed by atoms with Gasteiger partial charge in [-0.25, -0.2) is 9.20 Å². The summed E-state index contributed by atoms with van der Waals surface area (Å²) in [5, 5.41) is 11.6. The highest BCUT2D eigenvalue weighted by Crippen LogP contribution is 2.37. The van der Waals surface area contributed by atoms with Crippen molar-refractivity contribution in [3.05, 3.63) is 42.1 Å². The summed E-state index contributed by atoms with van der Waals surface area (Å²) < 4.78 is 9.35. The lowest BCUT2D eigenvalue weighted by Gasteiger charge is -2.15. The molecular weight excluding hydrogens is 378 g/mol. The summed E-state index contributed by atoms with van der Waals surface area (Å²) in [5.41, 5.74) is 8.95. The van der Waals surface area contributed by atoms with Gasteiger partial charge in [0.15, 0.2) is 0 Å². The number of aryl methyl sites for hydroxylation is 2. The second kappa shape index (κ2) is 6.34. The van der Waals surface area contributed by atoms with Crippen LogP contribution in [0.25, 0.3) is 15.3 Å². The zero-order chi connectivity index (χ0) is 19.3. The number of hydrogen-bond donors (Lipinski definition) is 2. The lowest BCUT2D eigenvalue weighted by molar-refractivity contribution is 0.102. The third kappa shape index (κ3) is 2.69. The molecule has 0 radical (unpaired) electrons. The van der Waals surface area contributed by atoms with Crippen LogP contribution >= 0.6 is 11.3 Å². The first-order chi connectivity index (χ1) is 13.6. The van der Waals surface area contributed by atoms with Crippen LogP contribution in [0.1, 0.15) is 22.5 Å². The van der Waals surface area contributed by atoms with E-state index < -0.39 is 0 Å². The van der Waals surface area contributed by atoms with E-state index in [-0.39, 0.29) is 5.91 Å². The molecule has 0 aromatic carbocycles. The van der Waals surface area contributed by atoms with Crippen LogP contribution in [0.2, 0.25) is 0 Å². The van der Waals surface area contributed by atoms with Gasteiger partial charge in [0.1, 0.15) is 4.83 Å². The summed E-state index contributed by atoms with van der Waals surface area (Å²) >= 11 is 1.47. The van der Waals surface area contributed by atoms with Gasteiger partial charge in [-0.2, -0.15) is 10.2 Å². The number of nitrogens with one attached hydrogen (secondary N) is 1. The predicted molar refractivity (Wildman–Crippen MR) is 106 cm³/mol. The zero-order valence-electron chi connectivity index (χ0n) is 15.0. The number of nitrogen functional groups attached to an aromatic ring is 1. The van der Waals surface area contributed by atoms with Crippen molar-refractivity contribution in [1.82, 2.24) is 24.4 Å². The Labute approximate surface area is 163 Å². The average Bonchev–Trinajstić information content (AvgIpc) is 3.37. The number of pyridine rings is 1. The van der Waals surface area contributed by atoms with Crippen LogP contribution in [0.3, 0.4) is 0 Å². The van der Waals surface area contributed by atoms with Crippen LogP contribution in [0.5, 0.6) is 5.88 Å². The van der Waals surface area contributed by atoms with Gasteiger partial charge in [-0.3, -0.25) is 9.78 Å². The van der Waals surface area contributed by atoms with E-state index in [0.717, 1.165) is 34.1 Å². The molecule has 0 atom stereocenters. The molecule has 0 unspecified atom stereocenters. The molecule has 0 saturated carbocycles. The Morgan fingerprint density at radius 1 is 1.32 bits per heavy atom. The van der Waals surface area contributed by atoms with E-state index in [9.17, 15) is 4.79 Å². The molecular formula is C18H17N7O2S. The van der Waals surface area contributed by atoms with Crippen molar-refractivity contribution < 1.29 is 9.53 Å². The van der Waals surface area contributed by atoms with Crippen LogP contribution < -0.4 is 15.8 Å². The van der Waals surface area contributed by atoms with Crippen molar-refractivity contribution >= 4 is 33.4 Å². The smallest absolute Gasteiger partial charge is 0.260 e. The molecule has 1 amide bonds. The Hall–Kier alpha value is -3.40. The Bertz CT molecular complexity index is 1210. The van der Waals surface area contributed by atoms with Crippen molar-refractivity contribution in [2.24, 2.45) is 0 Å². The third-order valence-corrected chi connectivity index (χ3v) is 5.75. The number of nitrogens with two attached hydrogens (primary N) is 1. The van der Waals surface area contributed by atoms with Gasteiger partial charge in [-0.15, -0.1) is 11.3 Å². The Balaban J connectivity index is 1.49. The van der Waals surface area contributed by atoms with Gasteiger partial charge < -0.3 is 15.8 Å². The van der Waals surface area contributed by atoms with E-state index in [1.165, 1.54) is 11.3 Å². The zero-order valence-corrected chi connectivity index (χ0v) is 15.9. The molecule has 5 heterocycles. The molecule has 0 spiro atoms. The number of ether oxygens (including phenoxy) is 1. The van der Waals surface area contributed by atoms with E-state index in [1.807, 2.05) is 17.8 Å². The van der Waals surface area contributed by atoms with Crippen molar-refractivity contribution in [3.8, 4) is 16.3 Å². The average molecular weight is 395 g/mol. The van der Waals surface area contributed by atoms with E-state index in [1.54, 1.807) is 29.2 Å². The van der Waals surface area contributed by atoms with Gasteiger partial charge >= 0.3 is 0 Å². The summed E-state index contributed by atoms with van der Waals surface area (Å²) in [5.74, 6) is 0.510. The number of thiazole rings is 1. The fourth-order valence-corrected chi connectivity index (χ4v) is 4.23. The van der Waals surface area contributed by atoms with E-state index in [0.29, 0.717) is 29.2 Å². The van der Waals surface area contributed by atoms with Crippen molar-refractivity contribution in [2.45, 2.75) is 19.9 Å². The number of fused-ring (bicyclic) bond motifs is 2. The summed E-state index contributed by atoms with van der Waals surface area (Å²) in [4.78, 5) is 18.7. The molecule has 4 aromatic heterocycles. The summed E-state index contributed by atoms with van der Waals surface area (Å²) in [7, 11) is 0. The molecule has 1 aliphatic heterocycles. The number of amides is 1. The van der Waals surface area contributed by atoms with Crippen LogP contribution in [0.15, 0.2) is 30.9 Å². The maximum Gasteiger partial charge on any atom is 0.260 e. The van der Waals surface area contributed by atoms with Gasteiger partial charge in [0.2, 0.25) is 5.88 Å². The van der Waals surface area contributed by atoms with Gasteiger partial charge in [-0.1, -0.05) is 0 Å². The first kappa shape index (κ1) is 16.8. The number of carbonyl (C=O) groups excluding carboxylic acids is 1. The van der Waals surface area contributed by atoms with Gasteiger partial charge in [0.25, 0.3) is 5.91 Å². The molecule has 10 heteroatoms. The second-order valence-corrected chi connectivity index (χ2v) is 7.58. The lowest BCUT2D eigenvalue weighted by Crippen LogP contribution is -2.14. The topological polar surface area (TPSA) is 112 Å². The van der Waals surface area contributed by atoms with Crippen molar-refractivity contribution in [1.29, 1.82) is 0 Å². The van der Waals surface area contributed by atoms with Crippen molar-refractivity contribution in [2.75, 3.05) is 17.7 Å². The fraction of sp³-hybridized carbons (Fsp3) is 0.222. The molecule has 5 rings (SSSR count). The standard InChI is InChI=1S/C18H17N7O2S/c1-10-14(5-11(19)6-20-10)23-16(26)13-8-22-25-9-15(28-18(13)25)12-7-21-24-3-2-4-27-17(12)24/h5-9H,2-4,19H2,1H3,(H,23,26). The maximum absolute atomic E-state index is 12.8. The predicted octanol–water partition coefficient (Wildman–Crippen LogP) is 2.58. The molecule has 3 N–H and O–H groups in total. The molecule has 0 bridgehead atoms. The van der Waals surface area contributed by atoms with Crippen LogP contribution in [-0.4, -0.2) is 36.9 Å². The summed E-state index contributed by atoms with van der Waals surface area (Å²) in [6, 6.07) is 1.69. The molecule has 0 aliphatic carbocycles. The summed E-state index contributed by atoms with van der Waals surface area (Å²) in [6.07, 6.45) is 7.76. The SMILES string of the molecule is Cc1ncc(N)cc1NC(=O)c1cnn2cc(-c3cnn4c3OCCC4)sc12. The number of rotatable bonds is 3. The fourth-order valence-electron chi connectivity index (χ4n) is 3.17. The largest absolute Gasteiger partial charge is 0.477 e. The normalized spacial score (nSPS) is 13.3. The minimum atomic E-state index is -0.257. The van der Waals surface area contributed by atoms with E-state index in [2.05, 4.69) is 20.5 Å². The Morgan fingerprint density at radius 3 is 3.11 bits per heavy atom. The minimum Gasteiger partial charge on any atom is -0.477 e.